The summed E-state index contributed by atoms with van der Waals surface area (Å²) in [6, 6.07) is 7.64. The van der Waals surface area contributed by atoms with Crippen LogP contribution in [0, 0.1) is 19.3 Å². The standard InChI is InChI=1S/C23H28N2O7/c1-3-14-4-6-15(7-5-14)10-17-13(2)25(16-8-9-30-12-16)24-22(17)32-23-21(29)20(28)19(27)18(11-26)31-23/h1,4-7,16,18-21,23,26-29H,8-12H2,2H3/t16?,18-,19-,20+,21-,23+/m1/s1. The Morgan fingerprint density at radius 1 is 1.19 bits per heavy atom. The van der Waals surface area contributed by atoms with Crippen molar-refractivity contribution in [2.45, 2.75) is 56.5 Å². The highest BCUT2D eigenvalue weighted by atomic mass is 16.7. The Kier molecular flexibility index (Phi) is 6.81. The first-order valence-electron chi connectivity index (χ1n) is 10.6. The number of terminal acetylenes is 1. The summed E-state index contributed by atoms with van der Waals surface area (Å²) in [4.78, 5) is 0. The summed E-state index contributed by atoms with van der Waals surface area (Å²) in [5, 5.41) is 44.6. The third kappa shape index (κ3) is 4.38. The Morgan fingerprint density at radius 2 is 1.94 bits per heavy atom. The smallest absolute Gasteiger partial charge is 0.239 e. The van der Waals surface area contributed by atoms with Crippen molar-refractivity contribution in [1.82, 2.24) is 9.78 Å². The van der Waals surface area contributed by atoms with E-state index in [1.807, 2.05) is 35.9 Å². The molecule has 1 unspecified atom stereocenters. The molecule has 3 heterocycles. The Balaban J connectivity index is 1.65. The molecule has 0 saturated carbocycles. The van der Waals surface area contributed by atoms with Gasteiger partial charge in [-0.05, 0) is 31.0 Å². The van der Waals surface area contributed by atoms with Crippen LogP contribution in [0.15, 0.2) is 24.3 Å². The maximum atomic E-state index is 10.4. The molecule has 2 fully saturated rings. The molecule has 0 bridgehead atoms. The van der Waals surface area contributed by atoms with Crippen LogP contribution in [0.25, 0.3) is 0 Å². The van der Waals surface area contributed by atoms with E-state index >= 15 is 0 Å². The van der Waals surface area contributed by atoms with Gasteiger partial charge in [-0.25, -0.2) is 0 Å². The molecule has 6 atom stereocenters. The SMILES string of the molecule is C#Cc1ccc(Cc2c(O[C@@H]3O[C@H](CO)[C@@H](O)[C@H](O)[C@H]3O)nn(C3CCOC3)c2C)cc1. The molecule has 32 heavy (non-hydrogen) atoms. The summed E-state index contributed by atoms with van der Waals surface area (Å²) >= 11 is 0. The molecule has 2 aliphatic heterocycles. The summed E-state index contributed by atoms with van der Waals surface area (Å²) in [6.07, 6.45) is -0.122. The second-order valence-corrected chi connectivity index (χ2v) is 8.16. The molecule has 4 rings (SSSR count). The highest BCUT2D eigenvalue weighted by Gasteiger charge is 2.45. The van der Waals surface area contributed by atoms with Gasteiger partial charge in [0, 0.05) is 29.8 Å². The molecule has 0 amide bonds. The molecule has 2 aliphatic rings. The quantitative estimate of drug-likeness (QED) is 0.455. The van der Waals surface area contributed by atoms with E-state index < -0.39 is 37.3 Å². The fourth-order valence-corrected chi connectivity index (χ4v) is 4.09. The Bertz CT molecular complexity index is 960. The first-order chi connectivity index (χ1) is 15.4. The monoisotopic (exact) mass is 444 g/mol. The minimum absolute atomic E-state index is 0.0599. The van der Waals surface area contributed by atoms with Gasteiger partial charge in [0.25, 0.3) is 0 Å². The lowest BCUT2D eigenvalue weighted by molar-refractivity contribution is -0.278. The van der Waals surface area contributed by atoms with Crippen molar-refractivity contribution < 1.29 is 34.6 Å². The topological polar surface area (TPSA) is 126 Å². The van der Waals surface area contributed by atoms with E-state index in [0.29, 0.717) is 19.6 Å². The normalized spacial score (nSPS) is 30.2. The van der Waals surface area contributed by atoms with Gasteiger partial charge in [-0.15, -0.1) is 11.5 Å². The van der Waals surface area contributed by atoms with Crippen LogP contribution in [0.3, 0.4) is 0 Å². The van der Waals surface area contributed by atoms with Gasteiger partial charge >= 0.3 is 0 Å². The van der Waals surface area contributed by atoms with Crippen LogP contribution >= 0.6 is 0 Å². The average molecular weight is 444 g/mol. The lowest BCUT2D eigenvalue weighted by Crippen LogP contribution is -2.60. The maximum Gasteiger partial charge on any atom is 0.239 e. The van der Waals surface area contributed by atoms with Gasteiger partial charge < -0.3 is 34.6 Å². The van der Waals surface area contributed by atoms with Crippen molar-refractivity contribution in [3.05, 3.63) is 46.6 Å². The van der Waals surface area contributed by atoms with Crippen LogP contribution in [-0.4, -0.2) is 80.7 Å². The molecule has 4 N–H and O–H groups in total. The number of ether oxygens (including phenoxy) is 3. The van der Waals surface area contributed by atoms with Gasteiger partial charge in [0.05, 0.1) is 19.3 Å². The number of hydrogen-bond donors (Lipinski definition) is 4. The zero-order chi connectivity index (χ0) is 22.8. The summed E-state index contributed by atoms with van der Waals surface area (Å²) in [7, 11) is 0. The van der Waals surface area contributed by atoms with E-state index in [0.717, 1.165) is 28.8 Å². The van der Waals surface area contributed by atoms with Crippen molar-refractivity contribution in [2.24, 2.45) is 0 Å². The first kappa shape index (κ1) is 22.7. The highest BCUT2D eigenvalue weighted by Crippen LogP contribution is 2.32. The van der Waals surface area contributed by atoms with Crippen LogP contribution in [0.2, 0.25) is 0 Å². The summed E-state index contributed by atoms with van der Waals surface area (Å²) in [5.74, 6) is 2.84. The molecule has 2 aromatic rings. The molecule has 1 aromatic carbocycles. The van der Waals surface area contributed by atoms with Crippen molar-refractivity contribution in [1.29, 1.82) is 0 Å². The summed E-state index contributed by atoms with van der Waals surface area (Å²) in [5.41, 5.74) is 3.46. The van der Waals surface area contributed by atoms with E-state index in [-0.39, 0.29) is 11.9 Å². The number of benzene rings is 1. The zero-order valence-corrected chi connectivity index (χ0v) is 17.8. The number of aliphatic hydroxyl groups is 4. The predicted molar refractivity (Wildman–Crippen MR) is 113 cm³/mol. The van der Waals surface area contributed by atoms with Crippen LogP contribution in [0.5, 0.6) is 5.88 Å². The van der Waals surface area contributed by atoms with Crippen LogP contribution < -0.4 is 4.74 Å². The van der Waals surface area contributed by atoms with Gasteiger partial charge in [-0.2, -0.15) is 0 Å². The molecule has 9 heteroatoms. The predicted octanol–water partition coefficient (Wildman–Crippen LogP) is -0.0963. The maximum absolute atomic E-state index is 10.4. The van der Waals surface area contributed by atoms with Gasteiger partial charge in [0.1, 0.15) is 24.4 Å². The third-order valence-electron chi connectivity index (χ3n) is 6.07. The fourth-order valence-electron chi connectivity index (χ4n) is 4.09. The molecule has 0 spiro atoms. The molecule has 1 aromatic heterocycles. The number of rotatable bonds is 6. The molecule has 0 radical (unpaired) electrons. The number of aliphatic hydroxyl groups excluding tert-OH is 4. The summed E-state index contributed by atoms with van der Waals surface area (Å²) in [6.45, 7) is 2.59. The molecule has 0 aliphatic carbocycles. The van der Waals surface area contributed by atoms with Gasteiger partial charge in [-0.1, -0.05) is 18.1 Å². The second-order valence-electron chi connectivity index (χ2n) is 8.16. The molecule has 9 nitrogen and oxygen atoms in total. The largest absolute Gasteiger partial charge is 0.443 e. The second kappa shape index (κ2) is 9.58. The molecular formula is C23H28N2O7. The van der Waals surface area contributed by atoms with Crippen LogP contribution in [0.1, 0.15) is 34.8 Å². The van der Waals surface area contributed by atoms with Gasteiger partial charge in [-0.3, -0.25) is 4.68 Å². The highest BCUT2D eigenvalue weighted by molar-refractivity contribution is 5.40. The minimum atomic E-state index is -1.53. The Morgan fingerprint density at radius 3 is 2.56 bits per heavy atom. The number of aromatic nitrogens is 2. The Labute approximate surface area is 186 Å². The van der Waals surface area contributed by atoms with E-state index in [1.54, 1.807) is 0 Å². The van der Waals surface area contributed by atoms with Crippen molar-refractivity contribution >= 4 is 0 Å². The Hall–Kier alpha value is -2.45. The van der Waals surface area contributed by atoms with Crippen molar-refractivity contribution in [3.63, 3.8) is 0 Å². The molecule has 2 saturated heterocycles. The van der Waals surface area contributed by atoms with Crippen molar-refractivity contribution in [3.8, 4) is 18.2 Å². The minimum Gasteiger partial charge on any atom is -0.443 e. The molecular weight excluding hydrogens is 416 g/mol. The van der Waals surface area contributed by atoms with Gasteiger partial charge in [0.15, 0.2) is 0 Å². The number of hydrogen-bond acceptors (Lipinski definition) is 8. The van der Waals surface area contributed by atoms with Gasteiger partial charge in [0.2, 0.25) is 12.2 Å². The van der Waals surface area contributed by atoms with E-state index in [4.69, 9.17) is 20.6 Å². The third-order valence-corrected chi connectivity index (χ3v) is 6.07. The van der Waals surface area contributed by atoms with E-state index in [1.165, 1.54) is 0 Å². The molecule has 172 valence electrons. The van der Waals surface area contributed by atoms with Crippen LogP contribution in [0.4, 0.5) is 0 Å². The van der Waals surface area contributed by atoms with Crippen molar-refractivity contribution in [2.75, 3.05) is 19.8 Å². The average Bonchev–Trinajstić information content (AvgIpc) is 3.44. The van der Waals surface area contributed by atoms with E-state index in [2.05, 4.69) is 11.0 Å². The lowest BCUT2D eigenvalue weighted by Gasteiger charge is -2.39. The zero-order valence-electron chi connectivity index (χ0n) is 17.8. The first-order valence-corrected chi connectivity index (χ1v) is 10.6. The van der Waals surface area contributed by atoms with Crippen LogP contribution in [-0.2, 0) is 15.9 Å². The fraction of sp³-hybridized carbons (Fsp3) is 0.522. The van der Waals surface area contributed by atoms with E-state index in [9.17, 15) is 20.4 Å². The summed E-state index contributed by atoms with van der Waals surface area (Å²) < 4.78 is 18.8. The number of nitrogens with zero attached hydrogens (tertiary/aromatic N) is 2. The lowest BCUT2D eigenvalue weighted by atomic mass is 9.99.